The smallest absolute Gasteiger partial charge is 0.330 e. The minimum Gasteiger partial charge on any atom is -0.790 e. The van der Waals surface area contributed by atoms with E-state index in [-0.39, 0.29) is 6.42 Å². The molecule has 1 aliphatic heterocycles. The average molecular weight is 306 g/mol. The van der Waals surface area contributed by atoms with Gasteiger partial charge in [-0.25, -0.2) is 4.79 Å². The first-order valence-corrected chi connectivity index (χ1v) is 7.04. The Bertz CT molecular complexity index is 633. The third kappa shape index (κ3) is 3.42. The van der Waals surface area contributed by atoms with Crippen LogP contribution in [0.1, 0.15) is 12.6 Å². The summed E-state index contributed by atoms with van der Waals surface area (Å²) >= 11 is 0. The van der Waals surface area contributed by atoms with Gasteiger partial charge in [0.25, 0.3) is 5.56 Å². The summed E-state index contributed by atoms with van der Waals surface area (Å²) in [4.78, 5) is 45.7. The monoisotopic (exact) mass is 306 g/mol. The quantitative estimate of drug-likeness (QED) is 0.558. The van der Waals surface area contributed by atoms with Crippen LogP contribution in [0.4, 0.5) is 0 Å². The summed E-state index contributed by atoms with van der Waals surface area (Å²) in [6.07, 6.45) is -2.17. The highest BCUT2D eigenvalue weighted by Gasteiger charge is 2.37. The minimum absolute atomic E-state index is 0.133. The number of nitrogens with one attached hydrogen (secondary N) is 1. The van der Waals surface area contributed by atoms with Crippen molar-refractivity contribution in [3.8, 4) is 0 Å². The van der Waals surface area contributed by atoms with Crippen LogP contribution >= 0.6 is 7.82 Å². The van der Waals surface area contributed by atoms with Gasteiger partial charge >= 0.3 is 5.69 Å². The molecule has 1 aliphatic rings. The molecule has 0 aliphatic carbocycles. The zero-order valence-corrected chi connectivity index (χ0v) is 10.9. The maximum absolute atomic E-state index is 11.6. The Morgan fingerprint density at radius 2 is 2.25 bits per heavy atom. The van der Waals surface area contributed by atoms with Gasteiger partial charge in [-0.05, 0) is 0 Å². The fourth-order valence-corrected chi connectivity index (χ4v) is 2.52. The number of ether oxygens (including phenoxy) is 1. The molecule has 0 unspecified atom stereocenters. The number of rotatable bonds is 4. The summed E-state index contributed by atoms with van der Waals surface area (Å²) in [5, 5.41) is 9.07. The van der Waals surface area contributed by atoms with Gasteiger partial charge in [-0.1, -0.05) is 0 Å². The van der Waals surface area contributed by atoms with Crippen molar-refractivity contribution in [1.29, 1.82) is 0 Å². The Balaban J connectivity index is 2.22. The number of phosphoric acid groups is 1. The van der Waals surface area contributed by atoms with Crippen molar-refractivity contribution >= 4 is 7.82 Å². The average Bonchev–Trinajstić information content (AvgIpc) is 2.69. The number of aliphatic hydroxyl groups is 1. The number of hydrogen-bond acceptors (Lipinski definition) is 8. The van der Waals surface area contributed by atoms with Crippen molar-refractivity contribution in [3.05, 3.63) is 33.1 Å². The Hall–Kier alpha value is -1.29. The molecular formula is C9H11N2O8P-2. The minimum atomic E-state index is -5.24. The van der Waals surface area contributed by atoms with Gasteiger partial charge in [0.05, 0.1) is 20.5 Å². The molecule has 2 heterocycles. The van der Waals surface area contributed by atoms with Crippen molar-refractivity contribution in [2.24, 2.45) is 0 Å². The normalized spacial score (nSPS) is 26.9. The Morgan fingerprint density at radius 1 is 1.55 bits per heavy atom. The van der Waals surface area contributed by atoms with Crippen LogP contribution in [0.15, 0.2) is 21.9 Å². The Morgan fingerprint density at radius 3 is 2.80 bits per heavy atom. The van der Waals surface area contributed by atoms with E-state index in [0.717, 1.165) is 16.8 Å². The summed E-state index contributed by atoms with van der Waals surface area (Å²) in [6, 6.07) is 1.08. The van der Waals surface area contributed by atoms with E-state index in [2.05, 4.69) is 4.52 Å². The first kappa shape index (κ1) is 15.1. The lowest BCUT2D eigenvalue weighted by atomic mass is 10.2. The van der Waals surface area contributed by atoms with Gasteiger partial charge in [-0.3, -0.25) is 14.3 Å². The Labute approximate surface area is 111 Å². The number of aliphatic hydroxyl groups excluding tert-OH is 1. The third-order valence-corrected chi connectivity index (χ3v) is 3.32. The largest absolute Gasteiger partial charge is 0.790 e. The SMILES string of the molecule is O=c1ccn([C@H]2C[C@H](OP(=O)([O-])[O-])[C@@H](CO)O2)c(=O)[nH]1. The van der Waals surface area contributed by atoms with E-state index >= 15 is 0 Å². The van der Waals surface area contributed by atoms with E-state index in [1.807, 2.05) is 4.98 Å². The molecule has 0 saturated carbocycles. The molecule has 2 N–H and O–H groups in total. The highest BCUT2D eigenvalue weighted by Crippen LogP contribution is 2.37. The lowest BCUT2D eigenvalue weighted by Gasteiger charge is -2.32. The molecule has 0 spiro atoms. The number of phosphoric ester groups is 1. The van der Waals surface area contributed by atoms with Gasteiger partial charge in [0, 0.05) is 18.7 Å². The molecule has 10 nitrogen and oxygen atoms in total. The van der Waals surface area contributed by atoms with Crippen molar-refractivity contribution in [2.45, 2.75) is 24.9 Å². The molecule has 0 radical (unpaired) electrons. The second-order valence-electron chi connectivity index (χ2n) is 4.16. The molecule has 1 aromatic heterocycles. The maximum Gasteiger partial charge on any atom is 0.330 e. The third-order valence-electron chi connectivity index (χ3n) is 2.79. The fraction of sp³-hybridized carbons (Fsp3) is 0.556. The van der Waals surface area contributed by atoms with Crippen LogP contribution in [-0.2, 0) is 13.8 Å². The van der Waals surface area contributed by atoms with Gasteiger partial charge in [0.1, 0.15) is 12.3 Å². The summed E-state index contributed by atoms with van der Waals surface area (Å²) in [5.74, 6) is 0. The van der Waals surface area contributed by atoms with Gasteiger partial charge in [0.2, 0.25) is 0 Å². The van der Waals surface area contributed by atoms with Crippen LogP contribution in [-0.4, -0.2) is 33.5 Å². The molecule has 112 valence electrons. The number of hydrogen-bond donors (Lipinski definition) is 2. The summed E-state index contributed by atoms with van der Waals surface area (Å²) in [5.41, 5.74) is -1.35. The van der Waals surface area contributed by atoms with Crippen LogP contribution in [0.3, 0.4) is 0 Å². The molecule has 20 heavy (non-hydrogen) atoms. The van der Waals surface area contributed by atoms with Crippen LogP contribution in [0, 0.1) is 0 Å². The lowest BCUT2D eigenvalue weighted by Crippen LogP contribution is -2.31. The summed E-state index contributed by atoms with van der Waals surface area (Å²) in [6.45, 7) is -0.584. The molecule has 1 fully saturated rings. The first-order chi connectivity index (χ1) is 9.30. The molecule has 3 atom stereocenters. The van der Waals surface area contributed by atoms with Crippen molar-refractivity contribution < 1.29 is 28.7 Å². The van der Waals surface area contributed by atoms with Crippen LogP contribution in [0.5, 0.6) is 0 Å². The standard InChI is InChI=1S/C9H13N2O8P/c12-4-6-5(19-20(15,16)17)3-8(18-6)11-2-1-7(13)10-9(11)14/h1-2,5-6,8,12H,3-4H2,(H,10,13,14)(H2,15,16,17)/p-2/t5-,6+,8+/m0/s1. The molecule has 1 aromatic rings. The molecule has 1 saturated heterocycles. The molecule has 0 bridgehead atoms. The van der Waals surface area contributed by atoms with Crippen molar-refractivity contribution in [3.63, 3.8) is 0 Å². The summed E-state index contributed by atoms with van der Waals surface area (Å²) < 4.78 is 21.1. The number of aromatic nitrogens is 2. The van der Waals surface area contributed by atoms with E-state index < -0.39 is 44.1 Å². The van der Waals surface area contributed by atoms with Crippen molar-refractivity contribution in [2.75, 3.05) is 6.61 Å². The molecular weight excluding hydrogens is 295 g/mol. The van der Waals surface area contributed by atoms with Crippen molar-refractivity contribution in [1.82, 2.24) is 9.55 Å². The molecule has 0 aromatic carbocycles. The van der Waals surface area contributed by atoms with Gasteiger partial charge in [0.15, 0.2) is 0 Å². The predicted octanol–water partition coefficient (Wildman–Crippen LogP) is -2.97. The summed E-state index contributed by atoms with van der Waals surface area (Å²) in [7, 11) is -5.24. The van der Waals surface area contributed by atoms with E-state index in [1.54, 1.807) is 0 Å². The molecule has 2 rings (SSSR count). The van der Waals surface area contributed by atoms with Crippen LogP contribution in [0.25, 0.3) is 0 Å². The number of H-pyrrole nitrogens is 1. The Kier molecular flexibility index (Phi) is 4.23. The fourth-order valence-electron chi connectivity index (χ4n) is 1.97. The lowest BCUT2D eigenvalue weighted by molar-refractivity contribution is -0.345. The highest BCUT2D eigenvalue weighted by atomic mass is 31.2. The van der Waals surface area contributed by atoms with Gasteiger partial charge in [-0.15, -0.1) is 0 Å². The van der Waals surface area contributed by atoms with E-state index in [9.17, 15) is 23.9 Å². The second-order valence-corrected chi connectivity index (χ2v) is 5.26. The van der Waals surface area contributed by atoms with Crippen LogP contribution in [0.2, 0.25) is 0 Å². The highest BCUT2D eigenvalue weighted by molar-refractivity contribution is 7.43. The topological polar surface area (TPSA) is 157 Å². The number of nitrogens with zero attached hydrogens (tertiary/aromatic N) is 1. The van der Waals surface area contributed by atoms with Gasteiger partial charge < -0.3 is 28.7 Å². The van der Waals surface area contributed by atoms with Crippen LogP contribution < -0.4 is 21.0 Å². The van der Waals surface area contributed by atoms with E-state index in [1.165, 1.54) is 0 Å². The molecule has 11 heteroatoms. The second kappa shape index (κ2) is 5.60. The zero-order valence-electron chi connectivity index (χ0n) is 10.0. The van der Waals surface area contributed by atoms with E-state index in [4.69, 9.17) is 9.84 Å². The maximum atomic E-state index is 11.6. The number of aromatic amines is 1. The molecule has 0 amide bonds. The zero-order chi connectivity index (χ0) is 14.9. The predicted molar refractivity (Wildman–Crippen MR) is 59.4 cm³/mol. The van der Waals surface area contributed by atoms with Gasteiger partial charge in [-0.2, -0.15) is 0 Å². The van der Waals surface area contributed by atoms with E-state index in [0.29, 0.717) is 0 Å². The first-order valence-electron chi connectivity index (χ1n) is 5.58.